The van der Waals surface area contributed by atoms with Gasteiger partial charge in [-0.1, -0.05) is 0 Å². The van der Waals surface area contributed by atoms with E-state index in [-0.39, 0.29) is 0 Å². The Labute approximate surface area is 96.9 Å². The van der Waals surface area contributed by atoms with Crippen LogP contribution >= 0.6 is 0 Å². The third kappa shape index (κ3) is 2.50. The van der Waals surface area contributed by atoms with E-state index in [1.54, 1.807) is 0 Å². The summed E-state index contributed by atoms with van der Waals surface area (Å²) in [5.41, 5.74) is 7.81. The summed E-state index contributed by atoms with van der Waals surface area (Å²) in [6.07, 6.45) is 2.43. The van der Waals surface area contributed by atoms with Gasteiger partial charge in [0.15, 0.2) is 0 Å². The third-order valence-corrected chi connectivity index (χ3v) is 3.11. The van der Waals surface area contributed by atoms with Crippen molar-refractivity contribution in [1.29, 1.82) is 0 Å². The van der Waals surface area contributed by atoms with Crippen molar-refractivity contribution in [3.63, 3.8) is 0 Å². The molecule has 4 heteroatoms. The number of hydrogen-bond donors (Lipinski definition) is 1. The first-order chi connectivity index (χ1) is 7.69. The number of aromatic nitrogens is 2. The summed E-state index contributed by atoms with van der Waals surface area (Å²) in [6, 6.07) is 2.01. The number of nitrogens with zero attached hydrogens (tertiary/aromatic N) is 3. The Morgan fingerprint density at radius 2 is 2.06 bits per heavy atom. The van der Waals surface area contributed by atoms with Crippen LogP contribution in [0.4, 0.5) is 5.95 Å². The molecule has 1 unspecified atom stereocenters. The standard InChI is InChI=1S/C12H20N4/c1-9-6-10(2)15-12(14-9)16-5-3-4-11(7-13)8-16/h6,11H,3-5,7-8,13H2,1-2H3. The predicted octanol–water partition coefficient (Wildman–Crippen LogP) is 1.27. The molecule has 0 saturated carbocycles. The Morgan fingerprint density at radius 3 is 2.69 bits per heavy atom. The second-order valence-corrected chi connectivity index (χ2v) is 4.64. The van der Waals surface area contributed by atoms with Gasteiger partial charge in [-0.3, -0.25) is 0 Å². The highest BCUT2D eigenvalue weighted by Gasteiger charge is 2.20. The molecule has 1 aromatic rings. The average molecular weight is 220 g/mol. The minimum Gasteiger partial charge on any atom is -0.340 e. The number of hydrogen-bond acceptors (Lipinski definition) is 4. The number of nitrogens with two attached hydrogens (primary N) is 1. The molecule has 4 nitrogen and oxygen atoms in total. The molecule has 0 radical (unpaired) electrons. The summed E-state index contributed by atoms with van der Waals surface area (Å²) in [5, 5.41) is 0. The molecule has 1 saturated heterocycles. The summed E-state index contributed by atoms with van der Waals surface area (Å²) in [4.78, 5) is 11.3. The Hall–Kier alpha value is -1.16. The van der Waals surface area contributed by atoms with Gasteiger partial charge in [-0.2, -0.15) is 0 Å². The quantitative estimate of drug-likeness (QED) is 0.815. The van der Waals surface area contributed by atoms with E-state index < -0.39 is 0 Å². The maximum Gasteiger partial charge on any atom is 0.225 e. The van der Waals surface area contributed by atoms with Crippen molar-refractivity contribution in [2.75, 3.05) is 24.5 Å². The first kappa shape index (κ1) is 11.3. The van der Waals surface area contributed by atoms with Crippen LogP contribution in [0.5, 0.6) is 0 Å². The molecule has 2 N–H and O–H groups in total. The smallest absolute Gasteiger partial charge is 0.225 e. The van der Waals surface area contributed by atoms with Gasteiger partial charge in [0.1, 0.15) is 0 Å². The predicted molar refractivity (Wildman–Crippen MR) is 65.5 cm³/mol. The van der Waals surface area contributed by atoms with Crippen molar-refractivity contribution in [2.45, 2.75) is 26.7 Å². The van der Waals surface area contributed by atoms with E-state index in [9.17, 15) is 0 Å². The summed E-state index contributed by atoms with van der Waals surface area (Å²) in [7, 11) is 0. The first-order valence-electron chi connectivity index (χ1n) is 5.96. The van der Waals surface area contributed by atoms with Crippen molar-refractivity contribution >= 4 is 5.95 Å². The summed E-state index contributed by atoms with van der Waals surface area (Å²) in [6.45, 7) is 6.85. The topological polar surface area (TPSA) is 55.0 Å². The molecule has 0 aromatic carbocycles. The van der Waals surface area contributed by atoms with Crippen LogP contribution in [-0.4, -0.2) is 29.6 Å². The van der Waals surface area contributed by atoms with E-state index in [4.69, 9.17) is 5.73 Å². The maximum absolute atomic E-state index is 5.74. The monoisotopic (exact) mass is 220 g/mol. The summed E-state index contributed by atoms with van der Waals surface area (Å²) in [5.74, 6) is 1.47. The molecule has 1 fully saturated rings. The van der Waals surface area contributed by atoms with Gasteiger partial charge in [-0.25, -0.2) is 9.97 Å². The zero-order valence-electron chi connectivity index (χ0n) is 10.1. The van der Waals surface area contributed by atoms with Crippen LogP contribution in [0.2, 0.25) is 0 Å². The molecular formula is C12H20N4. The molecule has 1 aliphatic heterocycles. The molecule has 88 valence electrons. The van der Waals surface area contributed by atoms with Gasteiger partial charge in [0, 0.05) is 24.5 Å². The van der Waals surface area contributed by atoms with E-state index in [0.29, 0.717) is 5.92 Å². The number of aryl methyl sites for hydroxylation is 2. The Morgan fingerprint density at radius 1 is 1.38 bits per heavy atom. The van der Waals surface area contributed by atoms with E-state index in [0.717, 1.165) is 37.0 Å². The highest BCUT2D eigenvalue weighted by atomic mass is 15.3. The fourth-order valence-corrected chi connectivity index (χ4v) is 2.29. The fourth-order valence-electron chi connectivity index (χ4n) is 2.29. The molecule has 0 bridgehead atoms. The van der Waals surface area contributed by atoms with Gasteiger partial charge in [-0.15, -0.1) is 0 Å². The maximum atomic E-state index is 5.74. The lowest BCUT2D eigenvalue weighted by Crippen LogP contribution is -2.39. The number of piperidine rings is 1. The lowest BCUT2D eigenvalue weighted by molar-refractivity contribution is 0.419. The zero-order chi connectivity index (χ0) is 11.5. The van der Waals surface area contributed by atoms with Gasteiger partial charge in [0.05, 0.1) is 0 Å². The van der Waals surface area contributed by atoms with E-state index >= 15 is 0 Å². The molecule has 1 aliphatic rings. The number of anilines is 1. The second-order valence-electron chi connectivity index (χ2n) is 4.64. The average Bonchev–Trinajstić information content (AvgIpc) is 2.28. The van der Waals surface area contributed by atoms with Crippen molar-refractivity contribution in [1.82, 2.24) is 9.97 Å². The molecule has 0 aliphatic carbocycles. The van der Waals surface area contributed by atoms with Crippen LogP contribution in [-0.2, 0) is 0 Å². The van der Waals surface area contributed by atoms with Crippen LogP contribution in [0.3, 0.4) is 0 Å². The molecule has 2 rings (SSSR count). The first-order valence-corrected chi connectivity index (χ1v) is 5.96. The lowest BCUT2D eigenvalue weighted by atomic mass is 9.99. The van der Waals surface area contributed by atoms with Crippen molar-refractivity contribution in [3.05, 3.63) is 17.5 Å². The van der Waals surface area contributed by atoms with Crippen LogP contribution in [0.15, 0.2) is 6.07 Å². The van der Waals surface area contributed by atoms with Crippen molar-refractivity contribution in [3.8, 4) is 0 Å². The van der Waals surface area contributed by atoms with Gasteiger partial charge >= 0.3 is 0 Å². The van der Waals surface area contributed by atoms with Crippen LogP contribution in [0.25, 0.3) is 0 Å². The van der Waals surface area contributed by atoms with Gasteiger partial charge in [0.2, 0.25) is 5.95 Å². The summed E-state index contributed by atoms with van der Waals surface area (Å²) < 4.78 is 0. The van der Waals surface area contributed by atoms with Crippen LogP contribution in [0, 0.1) is 19.8 Å². The molecular weight excluding hydrogens is 200 g/mol. The van der Waals surface area contributed by atoms with E-state index in [1.807, 2.05) is 19.9 Å². The molecule has 0 spiro atoms. The summed E-state index contributed by atoms with van der Waals surface area (Å²) >= 11 is 0. The van der Waals surface area contributed by atoms with E-state index in [1.165, 1.54) is 12.8 Å². The van der Waals surface area contributed by atoms with Gasteiger partial charge in [0.25, 0.3) is 0 Å². The lowest BCUT2D eigenvalue weighted by Gasteiger charge is -2.32. The molecule has 2 heterocycles. The van der Waals surface area contributed by atoms with E-state index in [2.05, 4.69) is 14.9 Å². The molecule has 1 aromatic heterocycles. The third-order valence-electron chi connectivity index (χ3n) is 3.11. The Bertz CT molecular complexity index is 344. The second kappa shape index (κ2) is 4.78. The minimum atomic E-state index is 0.596. The number of rotatable bonds is 2. The largest absolute Gasteiger partial charge is 0.340 e. The Balaban J connectivity index is 2.16. The fraction of sp³-hybridized carbons (Fsp3) is 0.667. The molecule has 1 atom stereocenters. The van der Waals surface area contributed by atoms with Gasteiger partial charge in [-0.05, 0) is 45.2 Å². The van der Waals surface area contributed by atoms with Crippen molar-refractivity contribution in [2.24, 2.45) is 11.7 Å². The molecule has 0 amide bonds. The Kier molecular flexibility index (Phi) is 3.39. The van der Waals surface area contributed by atoms with Crippen LogP contribution < -0.4 is 10.6 Å². The highest BCUT2D eigenvalue weighted by Crippen LogP contribution is 2.20. The van der Waals surface area contributed by atoms with Gasteiger partial charge < -0.3 is 10.6 Å². The zero-order valence-corrected chi connectivity index (χ0v) is 10.1. The normalized spacial score (nSPS) is 21.2. The SMILES string of the molecule is Cc1cc(C)nc(N2CCCC(CN)C2)n1. The van der Waals surface area contributed by atoms with Crippen LogP contribution in [0.1, 0.15) is 24.2 Å². The molecule has 16 heavy (non-hydrogen) atoms. The minimum absolute atomic E-state index is 0.596. The van der Waals surface area contributed by atoms with Crippen molar-refractivity contribution < 1.29 is 0 Å². The highest BCUT2D eigenvalue weighted by molar-refractivity contribution is 5.32.